The van der Waals surface area contributed by atoms with Crippen molar-refractivity contribution in [2.24, 2.45) is 0 Å². The number of hydrogen-bond donors (Lipinski definition) is 0. The summed E-state index contributed by atoms with van der Waals surface area (Å²) in [6.45, 7) is 0. The van der Waals surface area contributed by atoms with Gasteiger partial charge in [-0.15, -0.1) is 0 Å². The van der Waals surface area contributed by atoms with Crippen LogP contribution in [-0.2, 0) is 0 Å². The van der Waals surface area contributed by atoms with Crippen molar-refractivity contribution in [3.05, 3.63) is 231 Å². The molecule has 14 rings (SSSR count). The minimum Gasteiger partial charge on any atom is -0.455 e. The monoisotopic (exact) mass is 838 g/mol. The Hall–Kier alpha value is -8.72. The lowest BCUT2D eigenvalue weighted by atomic mass is 9.86. The van der Waals surface area contributed by atoms with Gasteiger partial charge in [0.05, 0.1) is 0 Å². The lowest BCUT2D eigenvalue weighted by Gasteiger charge is -2.17. The molecule has 0 fully saturated rings. The van der Waals surface area contributed by atoms with E-state index in [2.05, 4.69) is 218 Å². The summed E-state index contributed by atoms with van der Waals surface area (Å²) in [7, 11) is 0. The van der Waals surface area contributed by atoms with Gasteiger partial charge < -0.3 is 8.83 Å². The fourth-order valence-corrected chi connectivity index (χ4v) is 10.7. The number of benzene rings is 12. The Morgan fingerprint density at radius 1 is 0.227 bits per heavy atom. The third-order valence-electron chi connectivity index (χ3n) is 13.8. The minimum atomic E-state index is 0.883. The molecule has 0 saturated carbocycles. The second-order valence-electron chi connectivity index (χ2n) is 17.5. The van der Waals surface area contributed by atoms with E-state index in [1.807, 2.05) is 12.1 Å². The van der Waals surface area contributed by atoms with Crippen LogP contribution in [0.5, 0.6) is 0 Å². The highest BCUT2D eigenvalue weighted by atomic mass is 16.3. The Morgan fingerprint density at radius 3 is 1.11 bits per heavy atom. The summed E-state index contributed by atoms with van der Waals surface area (Å²) in [5, 5.41) is 14.6. The van der Waals surface area contributed by atoms with Crippen LogP contribution in [0.1, 0.15) is 0 Å². The molecule has 2 nitrogen and oxygen atoms in total. The Labute approximate surface area is 380 Å². The molecule has 0 aliphatic rings. The Kier molecular flexibility index (Phi) is 8.02. The highest BCUT2D eigenvalue weighted by molar-refractivity contribution is 6.27. The predicted octanol–water partition coefficient (Wildman–Crippen LogP) is 18.4. The second-order valence-corrected chi connectivity index (χ2v) is 17.5. The average Bonchev–Trinajstić information content (AvgIpc) is 3.97. The molecule has 0 spiro atoms. The van der Waals surface area contributed by atoms with Crippen molar-refractivity contribution in [3.8, 4) is 67.2 Å². The highest BCUT2D eigenvalue weighted by Crippen LogP contribution is 2.47. The van der Waals surface area contributed by atoms with E-state index in [1.165, 1.54) is 76.1 Å². The van der Waals surface area contributed by atoms with Crippen LogP contribution in [-0.4, -0.2) is 0 Å². The summed E-state index contributed by atoms with van der Waals surface area (Å²) < 4.78 is 13.4. The first-order chi connectivity index (χ1) is 32.7. The maximum absolute atomic E-state index is 6.71. The molecule has 66 heavy (non-hydrogen) atoms. The molecular weight excluding hydrogens is 801 g/mol. The standard InChI is InChI=1S/C64H38O2/c1-3-13-43-35-49(25-23-39(43)11-1)63-61(55-19-5-7-21-57(55)65-63)47-17-9-15-45(37-47)51-31-27-41-30-34-54-52(32-28-42-29-33-53(51)59(41)60(42)54)46-16-10-18-48(38-46)62-56-20-6-8-22-58(56)66-64(62)50-26-24-40-12-2-4-14-44(40)36-50/h1-38H. The molecule has 0 bridgehead atoms. The smallest absolute Gasteiger partial charge is 0.143 e. The fourth-order valence-electron chi connectivity index (χ4n) is 10.7. The molecule has 2 heteroatoms. The molecule has 2 aromatic heterocycles. The normalized spacial score (nSPS) is 11.9. The minimum absolute atomic E-state index is 0.883. The molecule has 0 radical (unpaired) electrons. The molecule has 2 heterocycles. The largest absolute Gasteiger partial charge is 0.455 e. The number of rotatable bonds is 6. The van der Waals surface area contributed by atoms with Crippen LogP contribution in [0.25, 0.3) is 143 Å². The van der Waals surface area contributed by atoms with Gasteiger partial charge in [-0.2, -0.15) is 0 Å². The maximum Gasteiger partial charge on any atom is 0.143 e. The van der Waals surface area contributed by atoms with E-state index >= 15 is 0 Å². The summed E-state index contributed by atoms with van der Waals surface area (Å²) >= 11 is 0. The lowest BCUT2D eigenvalue weighted by Crippen LogP contribution is -1.90. The number of furan rings is 2. The van der Waals surface area contributed by atoms with Gasteiger partial charge in [-0.05, 0) is 124 Å². The second kappa shape index (κ2) is 14.4. The summed E-state index contributed by atoms with van der Waals surface area (Å²) in [5.41, 5.74) is 13.1. The first kappa shape index (κ1) is 36.7. The maximum atomic E-state index is 6.71. The first-order valence-electron chi connectivity index (χ1n) is 22.6. The fraction of sp³-hybridized carbons (Fsp3) is 0. The van der Waals surface area contributed by atoms with Gasteiger partial charge in [0, 0.05) is 33.0 Å². The summed E-state index contributed by atoms with van der Waals surface area (Å²) in [6.07, 6.45) is 0. The molecule has 0 saturated heterocycles. The molecule has 0 amide bonds. The first-order valence-corrected chi connectivity index (χ1v) is 22.6. The SMILES string of the molecule is c1cc(-c2c(-c3ccc4ccccc4c3)oc3ccccc23)cc(-c2ccc3ccc4c(-c5cccc(-c6c(-c7ccc8ccccc8c7)oc7ccccc67)c5)ccc5ccc2c3c54)c1. The van der Waals surface area contributed by atoms with Crippen LogP contribution in [0, 0.1) is 0 Å². The lowest BCUT2D eigenvalue weighted by molar-refractivity contribution is 0.632. The van der Waals surface area contributed by atoms with Gasteiger partial charge in [-0.25, -0.2) is 0 Å². The molecule has 306 valence electrons. The van der Waals surface area contributed by atoms with Crippen LogP contribution in [0.15, 0.2) is 239 Å². The van der Waals surface area contributed by atoms with Crippen LogP contribution >= 0.6 is 0 Å². The zero-order valence-corrected chi connectivity index (χ0v) is 35.8. The van der Waals surface area contributed by atoms with E-state index in [-0.39, 0.29) is 0 Å². The highest BCUT2D eigenvalue weighted by Gasteiger charge is 2.22. The van der Waals surface area contributed by atoms with Gasteiger partial charge in [0.1, 0.15) is 22.7 Å². The molecule has 0 unspecified atom stereocenters. The number of hydrogen-bond acceptors (Lipinski definition) is 2. The zero-order chi connectivity index (χ0) is 43.3. The van der Waals surface area contributed by atoms with E-state index in [4.69, 9.17) is 8.83 Å². The van der Waals surface area contributed by atoms with E-state index in [1.54, 1.807) is 0 Å². The molecule has 0 N–H and O–H groups in total. The number of fused-ring (bicyclic) bond motifs is 4. The molecular formula is C64H38O2. The molecule has 0 aliphatic carbocycles. The van der Waals surface area contributed by atoms with Gasteiger partial charge in [-0.1, -0.05) is 194 Å². The predicted molar refractivity (Wildman–Crippen MR) is 277 cm³/mol. The molecule has 12 aromatic carbocycles. The van der Waals surface area contributed by atoms with Crippen molar-refractivity contribution in [2.45, 2.75) is 0 Å². The summed E-state index contributed by atoms with van der Waals surface area (Å²) in [6, 6.07) is 83.5. The van der Waals surface area contributed by atoms with Crippen molar-refractivity contribution >= 4 is 75.8 Å². The summed E-state index contributed by atoms with van der Waals surface area (Å²) in [4.78, 5) is 0. The van der Waals surface area contributed by atoms with Crippen LogP contribution < -0.4 is 0 Å². The topological polar surface area (TPSA) is 26.3 Å². The molecule has 14 aromatic rings. The van der Waals surface area contributed by atoms with Crippen LogP contribution in [0.4, 0.5) is 0 Å². The van der Waals surface area contributed by atoms with Gasteiger partial charge in [-0.3, -0.25) is 0 Å². The van der Waals surface area contributed by atoms with E-state index in [9.17, 15) is 0 Å². The van der Waals surface area contributed by atoms with Gasteiger partial charge >= 0.3 is 0 Å². The van der Waals surface area contributed by atoms with E-state index in [0.29, 0.717) is 0 Å². The Bertz CT molecular complexity index is 3960. The zero-order valence-electron chi connectivity index (χ0n) is 35.8. The number of para-hydroxylation sites is 2. The van der Waals surface area contributed by atoms with Crippen LogP contribution in [0.3, 0.4) is 0 Å². The third-order valence-corrected chi connectivity index (χ3v) is 13.8. The van der Waals surface area contributed by atoms with E-state index < -0.39 is 0 Å². The molecule has 0 aliphatic heterocycles. The van der Waals surface area contributed by atoms with Crippen molar-refractivity contribution < 1.29 is 8.83 Å². The van der Waals surface area contributed by atoms with Crippen molar-refractivity contribution in [2.75, 3.05) is 0 Å². The van der Waals surface area contributed by atoms with Gasteiger partial charge in [0.15, 0.2) is 0 Å². The Morgan fingerprint density at radius 2 is 0.621 bits per heavy atom. The third kappa shape index (κ3) is 5.68. The van der Waals surface area contributed by atoms with Gasteiger partial charge in [0.2, 0.25) is 0 Å². The Balaban J connectivity index is 0.908. The van der Waals surface area contributed by atoms with Crippen molar-refractivity contribution in [3.63, 3.8) is 0 Å². The van der Waals surface area contributed by atoms with E-state index in [0.717, 1.165) is 66.8 Å². The van der Waals surface area contributed by atoms with Crippen molar-refractivity contribution in [1.29, 1.82) is 0 Å². The van der Waals surface area contributed by atoms with Gasteiger partial charge in [0.25, 0.3) is 0 Å². The average molecular weight is 839 g/mol. The van der Waals surface area contributed by atoms with Crippen LogP contribution in [0.2, 0.25) is 0 Å². The summed E-state index contributed by atoms with van der Waals surface area (Å²) in [5.74, 6) is 1.77. The van der Waals surface area contributed by atoms with Crippen molar-refractivity contribution in [1.82, 2.24) is 0 Å². The molecule has 0 atom stereocenters. The quantitative estimate of drug-likeness (QED) is 0.156.